The Kier molecular flexibility index (Phi) is 3.83. The van der Waals surface area contributed by atoms with E-state index in [9.17, 15) is 10.1 Å². The molecule has 0 fully saturated rings. The Morgan fingerprint density at radius 2 is 2.29 bits per heavy atom. The third kappa shape index (κ3) is 2.42. The zero-order valence-electron chi connectivity index (χ0n) is 7.74. The number of benzene rings is 1. The lowest BCUT2D eigenvalue weighted by Gasteiger charge is -2.00. The Morgan fingerprint density at radius 1 is 1.57 bits per heavy atom. The molecule has 0 heterocycles. The van der Waals surface area contributed by atoms with Crippen molar-refractivity contribution in [3.05, 3.63) is 45.5 Å². The second kappa shape index (κ2) is 4.91. The third-order valence-corrected chi connectivity index (χ3v) is 2.25. The minimum Gasteiger partial charge on any atom is -0.258 e. The molecule has 0 aliphatic carbocycles. The fourth-order valence-electron chi connectivity index (χ4n) is 1.20. The van der Waals surface area contributed by atoms with Gasteiger partial charge in [0, 0.05) is 11.4 Å². The first kappa shape index (κ1) is 10.9. The standard InChI is InChI=1S/C10H10BrNO2/c1-8-4-2-6-10(12(13)14)9(8)5-3-7-11/h2-6H,7H2,1H3. The largest absolute Gasteiger partial charge is 0.276 e. The maximum Gasteiger partial charge on any atom is 0.276 e. The molecule has 1 rings (SSSR count). The number of hydrogen-bond donors (Lipinski definition) is 0. The van der Waals surface area contributed by atoms with Crippen molar-refractivity contribution >= 4 is 27.7 Å². The van der Waals surface area contributed by atoms with Crippen molar-refractivity contribution in [1.29, 1.82) is 0 Å². The van der Waals surface area contributed by atoms with Crippen LogP contribution >= 0.6 is 15.9 Å². The summed E-state index contributed by atoms with van der Waals surface area (Å²) in [7, 11) is 0. The summed E-state index contributed by atoms with van der Waals surface area (Å²) in [6, 6.07) is 5.07. The van der Waals surface area contributed by atoms with Gasteiger partial charge in [-0.1, -0.05) is 40.2 Å². The fraction of sp³-hybridized carbons (Fsp3) is 0.200. The molecule has 74 valence electrons. The average Bonchev–Trinajstić information content (AvgIpc) is 2.15. The maximum absolute atomic E-state index is 10.7. The molecule has 0 N–H and O–H groups in total. The normalized spacial score (nSPS) is 10.7. The molecule has 0 unspecified atom stereocenters. The zero-order chi connectivity index (χ0) is 10.6. The van der Waals surface area contributed by atoms with E-state index in [1.54, 1.807) is 12.1 Å². The lowest BCUT2D eigenvalue weighted by Crippen LogP contribution is -1.93. The Morgan fingerprint density at radius 3 is 2.86 bits per heavy atom. The molecule has 0 spiro atoms. The monoisotopic (exact) mass is 255 g/mol. The second-order valence-corrected chi connectivity index (χ2v) is 3.47. The molecule has 14 heavy (non-hydrogen) atoms. The molecule has 0 radical (unpaired) electrons. The highest BCUT2D eigenvalue weighted by molar-refractivity contribution is 9.09. The molecule has 0 aromatic heterocycles. The van der Waals surface area contributed by atoms with Crippen molar-refractivity contribution in [1.82, 2.24) is 0 Å². The van der Waals surface area contributed by atoms with Crippen LogP contribution in [-0.2, 0) is 0 Å². The van der Waals surface area contributed by atoms with Crippen molar-refractivity contribution < 1.29 is 4.92 Å². The van der Waals surface area contributed by atoms with Crippen molar-refractivity contribution in [3.8, 4) is 0 Å². The molecule has 0 amide bonds. The zero-order valence-corrected chi connectivity index (χ0v) is 9.32. The van der Waals surface area contributed by atoms with Gasteiger partial charge in [-0.05, 0) is 12.5 Å². The summed E-state index contributed by atoms with van der Waals surface area (Å²) in [5.41, 5.74) is 1.75. The van der Waals surface area contributed by atoms with E-state index in [2.05, 4.69) is 15.9 Å². The van der Waals surface area contributed by atoms with Gasteiger partial charge in [0.05, 0.1) is 10.5 Å². The van der Waals surface area contributed by atoms with E-state index in [1.165, 1.54) is 6.07 Å². The topological polar surface area (TPSA) is 43.1 Å². The first-order valence-corrected chi connectivity index (χ1v) is 5.25. The summed E-state index contributed by atoms with van der Waals surface area (Å²) in [4.78, 5) is 10.3. The summed E-state index contributed by atoms with van der Waals surface area (Å²) in [5.74, 6) is 0. The molecule has 0 atom stereocenters. The van der Waals surface area contributed by atoms with Crippen molar-refractivity contribution in [2.75, 3.05) is 5.33 Å². The van der Waals surface area contributed by atoms with Crippen LogP contribution in [0.1, 0.15) is 11.1 Å². The van der Waals surface area contributed by atoms with Gasteiger partial charge in [0.1, 0.15) is 0 Å². The maximum atomic E-state index is 10.7. The molecular formula is C10H10BrNO2. The van der Waals surface area contributed by atoms with Gasteiger partial charge in [0.25, 0.3) is 5.69 Å². The van der Waals surface area contributed by atoms with Crippen LogP contribution in [0.2, 0.25) is 0 Å². The molecule has 0 saturated heterocycles. The van der Waals surface area contributed by atoms with Gasteiger partial charge in [0.2, 0.25) is 0 Å². The van der Waals surface area contributed by atoms with Crippen LogP contribution in [0.5, 0.6) is 0 Å². The number of hydrogen-bond acceptors (Lipinski definition) is 2. The first-order valence-electron chi connectivity index (χ1n) is 4.13. The van der Waals surface area contributed by atoms with Gasteiger partial charge in [0.15, 0.2) is 0 Å². The van der Waals surface area contributed by atoms with E-state index in [0.717, 1.165) is 5.56 Å². The smallest absolute Gasteiger partial charge is 0.258 e. The number of allylic oxidation sites excluding steroid dienone is 1. The summed E-state index contributed by atoms with van der Waals surface area (Å²) in [5, 5.41) is 11.4. The predicted molar refractivity (Wildman–Crippen MR) is 60.7 cm³/mol. The molecule has 0 saturated carbocycles. The minimum atomic E-state index is -0.360. The molecule has 0 bridgehead atoms. The molecule has 0 aliphatic rings. The van der Waals surface area contributed by atoms with Gasteiger partial charge in [-0.25, -0.2) is 0 Å². The number of alkyl halides is 1. The van der Waals surface area contributed by atoms with Crippen LogP contribution < -0.4 is 0 Å². The van der Waals surface area contributed by atoms with Crippen LogP contribution in [0, 0.1) is 17.0 Å². The van der Waals surface area contributed by atoms with Gasteiger partial charge < -0.3 is 0 Å². The Hall–Kier alpha value is -1.16. The Balaban J connectivity index is 3.22. The van der Waals surface area contributed by atoms with Crippen LogP contribution in [0.3, 0.4) is 0 Å². The highest BCUT2D eigenvalue weighted by atomic mass is 79.9. The molecule has 0 aliphatic heterocycles. The number of nitrogens with zero attached hydrogens (tertiary/aromatic N) is 1. The van der Waals surface area contributed by atoms with E-state index in [0.29, 0.717) is 10.9 Å². The van der Waals surface area contributed by atoms with E-state index in [4.69, 9.17) is 0 Å². The summed E-state index contributed by atoms with van der Waals surface area (Å²) < 4.78 is 0. The van der Waals surface area contributed by atoms with Crippen molar-refractivity contribution in [2.45, 2.75) is 6.92 Å². The van der Waals surface area contributed by atoms with Gasteiger partial charge in [-0.3, -0.25) is 10.1 Å². The number of halogens is 1. The van der Waals surface area contributed by atoms with Crippen molar-refractivity contribution in [3.63, 3.8) is 0 Å². The third-order valence-electron chi connectivity index (χ3n) is 1.87. The number of nitro benzene ring substituents is 1. The van der Waals surface area contributed by atoms with Gasteiger partial charge >= 0.3 is 0 Å². The van der Waals surface area contributed by atoms with E-state index in [1.807, 2.05) is 19.1 Å². The number of rotatable bonds is 3. The predicted octanol–water partition coefficient (Wildman–Crippen LogP) is 3.31. The average molecular weight is 256 g/mol. The minimum absolute atomic E-state index is 0.155. The lowest BCUT2D eigenvalue weighted by atomic mass is 10.1. The molecule has 1 aromatic rings. The number of aryl methyl sites for hydroxylation is 1. The van der Waals surface area contributed by atoms with E-state index < -0.39 is 0 Å². The number of nitro groups is 1. The van der Waals surface area contributed by atoms with E-state index >= 15 is 0 Å². The molecule has 4 heteroatoms. The molecule has 1 aromatic carbocycles. The van der Waals surface area contributed by atoms with Crippen LogP contribution in [0.25, 0.3) is 6.08 Å². The summed E-state index contributed by atoms with van der Waals surface area (Å²) in [6.45, 7) is 1.86. The lowest BCUT2D eigenvalue weighted by molar-refractivity contribution is -0.385. The van der Waals surface area contributed by atoms with Crippen LogP contribution in [-0.4, -0.2) is 10.3 Å². The molecule has 3 nitrogen and oxygen atoms in total. The van der Waals surface area contributed by atoms with Gasteiger partial charge in [-0.15, -0.1) is 0 Å². The van der Waals surface area contributed by atoms with Crippen LogP contribution in [0.15, 0.2) is 24.3 Å². The Bertz CT molecular complexity index is 374. The highest BCUT2D eigenvalue weighted by Gasteiger charge is 2.11. The SMILES string of the molecule is Cc1cccc([N+](=O)[O-])c1C=CCBr. The van der Waals surface area contributed by atoms with Gasteiger partial charge in [-0.2, -0.15) is 0 Å². The molecular weight excluding hydrogens is 246 g/mol. The summed E-state index contributed by atoms with van der Waals surface area (Å²) >= 11 is 3.24. The second-order valence-electron chi connectivity index (χ2n) is 2.82. The van der Waals surface area contributed by atoms with Crippen LogP contribution in [0.4, 0.5) is 5.69 Å². The quantitative estimate of drug-likeness (QED) is 0.473. The fourth-order valence-corrected chi connectivity index (χ4v) is 1.39. The van der Waals surface area contributed by atoms with Crippen molar-refractivity contribution in [2.24, 2.45) is 0 Å². The van der Waals surface area contributed by atoms with E-state index in [-0.39, 0.29) is 10.6 Å². The Labute approximate surface area is 90.7 Å². The highest BCUT2D eigenvalue weighted by Crippen LogP contribution is 2.23. The first-order chi connectivity index (χ1) is 6.66. The summed E-state index contributed by atoms with van der Waals surface area (Å²) in [6.07, 6.45) is 3.61.